The van der Waals surface area contributed by atoms with Crippen molar-refractivity contribution in [1.82, 2.24) is 19.6 Å². The maximum absolute atomic E-state index is 12.5. The molecular formula is C20H38N4O6. The van der Waals surface area contributed by atoms with Gasteiger partial charge in [0, 0.05) is 50.3 Å². The zero-order valence-corrected chi connectivity index (χ0v) is 18.5. The van der Waals surface area contributed by atoms with Crippen molar-refractivity contribution in [2.75, 3.05) is 52.6 Å². The number of hydrogen-bond acceptors (Lipinski definition) is 9. The zero-order valence-electron chi connectivity index (χ0n) is 18.5. The molecule has 30 heavy (non-hydrogen) atoms. The van der Waals surface area contributed by atoms with E-state index in [0.29, 0.717) is 24.2 Å². The van der Waals surface area contributed by atoms with Crippen LogP contribution in [0.3, 0.4) is 0 Å². The minimum Gasteiger partial charge on any atom is -0.479 e. The number of aliphatic carboxylic acids is 1. The van der Waals surface area contributed by atoms with E-state index in [9.17, 15) is 9.90 Å². The Labute approximate surface area is 178 Å². The summed E-state index contributed by atoms with van der Waals surface area (Å²) in [6.07, 6.45) is -0.00472. The highest BCUT2D eigenvalue weighted by Gasteiger charge is 2.71. The lowest BCUT2D eigenvalue weighted by molar-refractivity contribution is -0.165. The molecule has 0 aliphatic carbocycles. The van der Waals surface area contributed by atoms with Crippen LogP contribution in [0.1, 0.15) is 27.7 Å². The molecule has 4 fully saturated rings. The van der Waals surface area contributed by atoms with Crippen LogP contribution in [0.25, 0.3) is 0 Å². The molecule has 4 rings (SSSR count). The number of aliphatic hydroxyl groups excluding tert-OH is 4. The van der Waals surface area contributed by atoms with Gasteiger partial charge >= 0.3 is 5.97 Å². The lowest BCUT2D eigenvalue weighted by atomic mass is 9.93. The summed E-state index contributed by atoms with van der Waals surface area (Å²) in [7, 11) is 0. The third kappa shape index (κ3) is 4.12. The van der Waals surface area contributed by atoms with Gasteiger partial charge in [-0.3, -0.25) is 19.6 Å². The van der Waals surface area contributed by atoms with E-state index in [0.717, 1.165) is 26.2 Å². The maximum Gasteiger partial charge on any atom is 0.342 e. The van der Waals surface area contributed by atoms with Crippen molar-refractivity contribution >= 4 is 5.97 Å². The molecular weight excluding hydrogens is 392 g/mol. The van der Waals surface area contributed by atoms with E-state index >= 15 is 0 Å². The second kappa shape index (κ2) is 8.59. The van der Waals surface area contributed by atoms with Crippen LogP contribution in [0.4, 0.5) is 0 Å². The molecule has 4 aliphatic rings. The van der Waals surface area contributed by atoms with E-state index in [-0.39, 0.29) is 6.17 Å². The van der Waals surface area contributed by atoms with Crippen molar-refractivity contribution in [3.63, 3.8) is 0 Å². The number of rotatable bonds is 10. The number of carbonyl (C=O) groups is 1. The number of carboxylic acid groups (broad SMARTS) is 1. The molecule has 174 valence electrons. The molecule has 0 spiro atoms. The van der Waals surface area contributed by atoms with E-state index in [2.05, 4.69) is 47.3 Å². The molecule has 0 aromatic rings. The fraction of sp³-hybridized carbons (Fsp3) is 0.950. The van der Waals surface area contributed by atoms with E-state index < -0.39 is 43.5 Å². The fourth-order valence-corrected chi connectivity index (χ4v) is 4.39. The topological polar surface area (TPSA) is 130 Å². The summed E-state index contributed by atoms with van der Waals surface area (Å²) >= 11 is 0. The molecule has 10 heteroatoms. The second-order valence-electron chi connectivity index (χ2n) is 9.63. The molecule has 0 saturated carbocycles. The van der Waals surface area contributed by atoms with Crippen LogP contribution in [-0.2, 0) is 4.79 Å². The summed E-state index contributed by atoms with van der Waals surface area (Å²) in [5, 5.41) is 44.2. The summed E-state index contributed by atoms with van der Waals surface area (Å²) in [5.41, 5.74) is -1.96. The molecule has 4 aliphatic heterocycles. The van der Waals surface area contributed by atoms with Crippen molar-refractivity contribution < 1.29 is 30.3 Å². The molecule has 8 atom stereocenters. The Morgan fingerprint density at radius 1 is 0.767 bits per heavy atom. The Morgan fingerprint density at radius 3 is 1.20 bits per heavy atom. The van der Waals surface area contributed by atoms with Crippen LogP contribution >= 0.6 is 0 Å². The molecule has 0 bridgehead atoms. The van der Waals surface area contributed by atoms with Gasteiger partial charge in [0.15, 0.2) is 0 Å². The van der Waals surface area contributed by atoms with Crippen molar-refractivity contribution in [3.05, 3.63) is 0 Å². The Balaban J connectivity index is 0.000000244. The highest BCUT2D eigenvalue weighted by molar-refractivity contribution is 5.81. The van der Waals surface area contributed by atoms with Gasteiger partial charge in [-0.2, -0.15) is 0 Å². The molecule has 0 aromatic carbocycles. The van der Waals surface area contributed by atoms with Gasteiger partial charge in [-0.15, -0.1) is 0 Å². The maximum atomic E-state index is 12.5. The molecule has 4 heterocycles. The highest BCUT2D eigenvalue weighted by atomic mass is 16.4. The lowest BCUT2D eigenvalue weighted by Crippen LogP contribution is -2.67. The van der Waals surface area contributed by atoms with Crippen molar-refractivity contribution in [2.45, 2.75) is 63.7 Å². The monoisotopic (exact) mass is 430 g/mol. The van der Waals surface area contributed by atoms with E-state index in [1.165, 1.54) is 0 Å². The van der Waals surface area contributed by atoms with Crippen LogP contribution in [0.2, 0.25) is 0 Å². The Bertz CT molecular complexity index is 583. The molecule has 8 unspecified atom stereocenters. The van der Waals surface area contributed by atoms with Crippen LogP contribution in [0, 0.1) is 5.41 Å². The predicted octanol–water partition coefficient (Wildman–Crippen LogP) is -2.15. The number of nitrogens with zero attached hydrogens (tertiary/aromatic N) is 4. The first kappa shape index (κ1) is 23.8. The van der Waals surface area contributed by atoms with Crippen molar-refractivity contribution in [2.24, 2.45) is 5.41 Å². The smallest absolute Gasteiger partial charge is 0.342 e. The van der Waals surface area contributed by atoms with Crippen molar-refractivity contribution in [3.8, 4) is 0 Å². The number of aliphatic hydroxyl groups is 4. The van der Waals surface area contributed by atoms with E-state index in [1.54, 1.807) is 0 Å². The van der Waals surface area contributed by atoms with Crippen LogP contribution < -0.4 is 0 Å². The molecule has 0 aromatic heterocycles. The second-order valence-corrected chi connectivity index (χ2v) is 9.63. The third-order valence-corrected chi connectivity index (χ3v) is 7.05. The predicted molar refractivity (Wildman–Crippen MR) is 110 cm³/mol. The molecule has 4 saturated heterocycles. The van der Waals surface area contributed by atoms with E-state index in [1.807, 2.05) is 0 Å². The summed E-state index contributed by atoms with van der Waals surface area (Å²) in [6.45, 7) is 10.9. The Hall–Kier alpha value is -0.850. The highest BCUT2D eigenvalue weighted by Crippen LogP contribution is 2.48. The first-order valence-corrected chi connectivity index (χ1v) is 10.8. The minimum absolute atomic E-state index is 0.00472. The van der Waals surface area contributed by atoms with Gasteiger partial charge in [0.1, 0.15) is 6.17 Å². The van der Waals surface area contributed by atoms with Gasteiger partial charge in [0.2, 0.25) is 5.66 Å². The molecule has 5 N–H and O–H groups in total. The number of hydrogen-bond donors (Lipinski definition) is 5. The summed E-state index contributed by atoms with van der Waals surface area (Å²) < 4.78 is 0. The largest absolute Gasteiger partial charge is 0.479 e. The van der Waals surface area contributed by atoms with Crippen molar-refractivity contribution in [1.29, 1.82) is 0 Å². The van der Waals surface area contributed by atoms with Gasteiger partial charge in [-0.25, -0.2) is 4.79 Å². The average molecular weight is 431 g/mol. The van der Waals surface area contributed by atoms with Crippen LogP contribution in [0.5, 0.6) is 0 Å². The standard InChI is InChI=1S/C15H26N4O2.C5H12O4/c1-9-5-16(9)13(17-6-10(17)2)15(14(20)21,18-7-11(18)3)19-8-12(19)4;6-1-5(2-7,3-8)4-9/h9-13H,5-8H2,1-4H3,(H,20,21);6-9H,1-4H2. The summed E-state index contributed by atoms with van der Waals surface area (Å²) in [5.74, 6) is -0.667. The van der Waals surface area contributed by atoms with Crippen LogP contribution in [0.15, 0.2) is 0 Å². The van der Waals surface area contributed by atoms with Gasteiger partial charge < -0.3 is 25.5 Å². The summed E-state index contributed by atoms with van der Waals surface area (Å²) in [6, 6.07) is 1.77. The first-order valence-electron chi connectivity index (χ1n) is 10.8. The van der Waals surface area contributed by atoms with E-state index in [4.69, 9.17) is 20.4 Å². The Kier molecular flexibility index (Phi) is 6.82. The average Bonchev–Trinajstić information content (AvgIpc) is 3.54. The molecule has 10 nitrogen and oxygen atoms in total. The first-order chi connectivity index (χ1) is 14.1. The molecule has 0 radical (unpaired) electrons. The third-order valence-electron chi connectivity index (χ3n) is 7.05. The fourth-order valence-electron chi connectivity index (χ4n) is 4.39. The minimum atomic E-state index is -1.11. The van der Waals surface area contributed by atoms with Gasteiger partial charge in [0.25, 0.3) is 0 Å². The van der Waals surface area contributed by atoms with Gasteiger partial charge in [-0.1, -0.05) is 0 Å². The quantitative estimate of drug-likeness (QED) is 0.245. The number of carboxylic acids is 1. The SMILES string of the molecule is CC1CN1C(N1CC1C)C(C(=O)O)(N1CC1C)N1CC1C.OCC(CO)(CO)CO. The normalized spacial score (nSPS) is 41.7. The zero-order chi connectivity index (χ0) is 22.4. The van der Waals surface area contributed by atoms with Gasteiger partial charge in [0.05, 0.1) is 31.8 Å². The molecule has 0 amide bonds. The summed E-state index contributed by atoms with van der Waals surface area (Å²) in [4.78, 5) is 21.6. The Morgan fingerprint density at radius 2 is 1.07 bits per heavy atom. The lowest BCUT2D eigenvalue weighted by Gasteiger charge is -2.42. The van der Waals surface area contributed by atoms with Gasteiger partial charge in [-0.05, 0) is 27.7 Å². The van der Waals surface area contributed by atoms with Crippen LogP contribution in [-0.4, -0.2) is 140 Å².